The van der Waals surface area contributed by atoms with Crippen LogP contribution in [0.3, 0.4) is 0 Å². The number of halogens is 2. The van der Waals surface area contributed by atoms with E-state index in [-0.39, 0.29) is 5.82 Å². The van der Waals surface area contributed by atoms with Crippen molar-refractivity contribution in [3.05, 3.63) is 63.9 Å². The molecule has 0 fully saturated rings. The molecular formula is C14H12BrFO. The van der Waals surface area contributed by atoms with Gasteiger partial charge < -0.3 is 4.74 Å². The highest BCUT2D eigenvalue weighted by Gasteiger charge is 2.03. The summed E-state index contributed by atoms with van der Waals surface area (Å²) in [5.74, 6) is 0.573. The van der Waals surface area contributed by atoms with E-state index in [9.17, 15) is 4.39 Å². The zero-order chi connectivity index (χ0) is 12.3. The lowest BCUT2D eigenvalue weighted by Crippen LogP contribution is -1.98. The van der Waals surface area contributed by atoms with Gasteiger partial charge in [0.1, 0.15) is 18.2 Å². The second-order valence-corrected chi connectivity index (χ2v) is 4.64. The summed E-state index contributed by atoms with van der Waals surface area (Å²) in [6.07, 6.45) is 0. The van der Waals surface area contributed by atoms with Gasteiger partial charge in [-0.1, -0.05) is 18.2 Å². The molecule has 0 atom stereocenters. The van der Waals surface area contributed by atoms with E-state index in [4.69, 9.17) is 4.74 Å². The largest absolute Gasteiger partial charge is 0.488 e. The van der Waals surface area contributed by atoms with Gasteiger partial charge in [0.15, 0.2) is 0 Å². The van der Waals surface area contributed by atoms with Gasteiger partial charge in [-0.15, -0.1) is 0 Å². The SMILES string of the molecule is Cc1cc(F)ccc1COc1ccccc1Br. The summed E-state index contributed by atoms with van der Waals surface area (Å²) in [6, 6.07) is 12.4. The van der Waals surface area contributed by atoms with Crippen LogP contribution in [0.15, 0.2) is 46.9 Å². The molecule has 0 heterocycles. The Bertz CT molecular complexity index is 525. The maximum absolute atomic E-state index is 12.9. The third-order valence-corrected chi connectivity index (χ3v) is 3.18. The summed E-state index contributed by atoms with van der Waals surface area (Å²) in [7, 11) is 0. The lowest BCUT2D eigenvalue weighted by atomic mass is 10.1. The second kappa shape index (κ2) is 5.32. The van der Waals surface area contributed by atoms with E-state index < -0.39 is 0 Å². The summed E-state index contributed by atoms with van der Waals surface area (Å²) in [6.45, 7) is 2.32. The molecule has 0 N–H and O–H groups in total. The topological polar surface area (TPSA) is 9.23 Å². The number of rotatable bonds is 3. The van der Waals surface area contributed by atoms with E-state index in [1.54, 1.807) is 6.07 Å². The highest BCUT2D eigenvalue weighted by Crippen LogP contribution is 2.25. The number of ether oxygens (including phenoxy) is 1. The Kier molecular flexibility index (Phi) is 3.79. The minimum Gasteiger partial charge on any atom is -0.488 e. The van der Waals surface area contributed by atoms with Crippen molar-refractivity contribution in [3.8, 4) is 5.75 Å². The van der Waals surface area contributed by atoms with E-state index in [0.29, 0.717) is 6.61 Å². The summed E-state index contributed by atoms with van der Waals surface area (Å²) >= 11 is 3.41. The Balaban J connectivity index is 2.10. The average molecular weight is 295 g/mol. The molecule has 0 unspecified atom stereocenters. The quantitative estimate of drug-likeness (QED) is 0.811. The first kappa shape index (κ1) is 12.1. The van der Waals surface area contributed by atoms with Crippen LogP contribution in [0.25, 0.3) is 0 Å². The van der Waals surface area contributed by atoms with Crippen LogP contribution in [0.4, 0.5) is 4.39 Å². The van der Waals surface area contributed by atoms with E-state index in [1.165, 1.54) is 12.1 Å². The minimum atomic E-state index is -0.216. The first-order chi connectivity index (χ1) is 8.16. The monoisotopic (exact) mass is 294 g/mol. The predicted octanol–water partition coefficient (Wildman–Crippen LogP) is 4.48. The molecule has 0 aromatic heterocycles. The molecule has 0 saturated carbocycles. The smallest absolute Gasteiger partial charge is 0.133 e. The van der Waals surface area contributed by atoms with Crippen molar-refractivity contribution < 1.29 is 9.13 Å². The minimum absolute atomic E-state index is 0.216. The molecule has 88 valence electrons. The van der Waals surface area contributed by atoms with Crippen LogP contribution < -0.4 is 4.74 Å². The van der Waals surface area contributed by atoms with E-state index in [2.05, 4.69) is 15.9 Å². The van der Waals surface area contributed by atoms with E-state index in [0.717, 1.165) is 21.3 Å². The lowest BCUT2D eigenvalue weighted by molar-refractivity contribution is 0.303. The average Bonchev–Trinajstić information content (AvgIpc) is 2.30. The molecule has 2 aromatic carbocycles. The third-order valence-electron chi connectivity index (χ3n) is 2.52. The van der Waals surface area contributed by atoms with E-state index >= 15 is 0 Å². The first-order valence-corrected chi connectivity index (χ1v) is 6.08. The van der Waals surface area contributed by atoms with Gasteiger partial charge in [-0.05, 0) is 58.2 Å². The van der Waals surface area contributed by atoms with Gasteiger partial charge in [-0.3, -0.25) is 0 Å². The number of para-hydroxylation sites is 1. The highest BCUT2D eigenvalue weighted by molar-refractivity contribution is 9.10. The normalized spacial score (nSPS) is 10.3. The second-order valence-electron chi connectivity index (χ2n) is 3.79. The molecule has 0 saturated heterocycles. The van der Waals surface area contributed by atoms with E-state index in [1.807, 2.05) is 31.2 Å². The van der Waals surface area contributed by atoms with Crippen LogP contribution in [0.5, 0.6) is 5.75 Å². The lowest BCUT2D eigenvalue weighted by Gasteiger charge is -2.10. The molecule has 0 aliphatic carbocycles. The Morgan fingerprint density at radius 1 is 1.18 bits per heavy atom. The van der Waals surface area contributed by atoms with Crippen molar-refractivity contribution in [1.82, 2.24) is 0 Å². The molecule has 0 amide bonds. The van der Waals surface area contributed by atoms with Gasteiger partial charge in [-0.25, -0.2) is 4.39 Å². The molecule has 0 spiro atoms. The van der Waals surface area contributed by atoms with Crippen LogP contribution in [0, 0.1) is 12.7 Å². The molecule has 1 nitrogen and oxygen atoms in total. The summed E-state index contributed by atoms with van der Waals surface area (Å²) in [5.41, 5.74) is 1.89. The van der Waals surface area contributed by atoms with Crippen molar-refractivity contribution in [2.24, 2.45) is 0 Å². The maximum Gasteiger partial charge on any atom is 0.133 e. The van der Waals surface area contributed by atoms with Crippen molar-refractivity contribution in [3.63, 3.8) is 0 Å². The molecule has 2 aromatic rings. The molecule has 0 aliphatic heterocycles. The van der Waals surface area contributed by atoms with Gasteiger partial charge in [0.25, 0.3) is 0 Å². The molecule has 0 radical (unpaired) electrons. The summed E-state index contributed by atoms with van der Waals surface area (Å²) in [4.78, 5) is 0. The number of aryl methyl sites for hydroxylation is 1. The maximum atomic E-state index is 12.9. The Labute approximate surface area is 108 Å². The van der Waals surface area contributed by atoms with Crippen molar-refractivity contribution in [2.45, 2.75) is 13.5 Å². The van der Waals surface area contributed by atoms with Crippen LogP contribution in [0.2, 0.25) is 0 Å². The zero-order valence-corrected chi connectivity index (χ0v) is 11.0. The molecule has 2 rings (SSSR count). The Morgan fingerprint density at radius 2 is 1.94 bits per heavy atom. The van der Waals surface area contributed by atoms with Crippen LogP contribution in [-0.2, 0) is 6.61 Å². The molecule has 17 heavy (non-hydrogen) atoms. The van der Waals surface area contributed by atoms with Gasteiger partial charge in [-0.2, -0.15) is 0 Å². The summed E-state index contributed by atoms with van der Waals surface area (Å²) < 4.78 is 19.5. The van der Waals surface area contributed by atoms with Crippen molar-refractivity contribution >= 4 is 15.9 Å². The Hall–Kier alpha value is -1.35. The van der Waals surface area contributed by atoms with Gasteiger partial charge in [0, 0.05) is 0 Å². The van der Waals surface area contributed by atoms with Crippen molar-refractivity contribution in [1.29, 1.82) is 0 Å². The number of benzene rings is 2. The zero-order valence-electron chi connectivity index (χ0n) is 9.41. The van der Waals surface area contributed by atoms with Crippen LogP contribution >= 0.6 is 15.9 Å². The number of hydrogen-bond acceptors (Lipinski definition) is 1. The molecule has 3 heteroatoms. The standard InChI is InChI=1S/C14H12BrFO/c1-10-8-12(16)7-6-11(10)9-17-14-5-3-2-4-13(14)15/h2-8H,9H2,1H3. The highest BCUT2D eigenvalue weighted by atomic mass is 79.9. The molecule has 0 bridgehead atoms. The fourth-order valence-corrected chi connectivity index (χ4v) is 1.94. The molecular weight excluding hydrogens is 283 g/mol. The number of hydrogen-bond donors (Lipinski definition) is 0. The fraction of sp³-hybridized carbons (Fsp3) is 0.143. The predicted molar refractivity (Wildman–Crippen MR) is 69.6 cm³/mol. The fourth-order valence-electron chi connectivity index (χ4n) is 1.54. The van der Waals surface area contributed by atoms with Gasteiger partial charge in [0.05, 0.1) is 4.47 Å². The van der Waals surface area contributed by atoms with Crippen molar-refractivity contribution in [2.75, 3.05) is 0 Å². The third kappa shape index (κ3) is 3.07. The molecule has 0 aliphatic rings. The Morgan fingerprint density at radius 3 is 2.65 bits per heavy atom. The first-order valence-electron chi connectivity index (χ1n) is 5.29. The summed E-state index contributed by atoms with van der Waals surface area (Å²) in [5, 5.41) is 0. The van der Waals surface area contributed by atoms with Gasteiger partial charge >= 0.3 is 0 Å². The van der Waals surface area contributed by atoms with Crippen LogP contribution in [0.1, 0.15) is 11.1 Å². The van der Waals surface area contributed by atoms with Crippen LogP contribution in [-0.4, -0.2) is 0 Å². The van der Waals surface area contributed by atoms with Gasteiger partial charge in [0.2, 0.25) is 0 Å².